The fourth-order valence-corrected chi connectivity index (χ4v) is 3.07. The van der Waals surface area contributed by atoms with Crippen molar-refractivity contribution in [1.82, 2.24) is 14.0 Å². The highest BCUT2D eigenvalue weighted by Crippen LogP contribution is 2.38. The highest BCUT2D eigenvalue weighted by atomic mass is 19.1. The number of hydrogen-bond donors (Lipinski definition) is 1. The second-order valence-corrected chi connectivity index (χ2v) is 7.69. The average molecular weight is 340 g/mol. The number of nitrogens with zero attached hydrogens (tertiary/aromatic N) is 3. The van der Waals surface area contributed by atoms with Crippen LogP contribution in [0.4, 0.5) is 10.2 Å². The second-order valence-electron chi connectivity index (χ2n) is 7.69. The van der Waals surface area contributed by atoms with Crippen LogP contribution in [0.3, 0.4) is 0 Å². The molecule has 1 saturated carbocycles. The summed E-state index contributed by atoms with van der Waals surface area (Å²) in [6, 6.07) is 5.82. The molecule has 0 spiro atoms. The predicted octanol–water partition coefficient (Wildman–Crippen LogP) is 3.68. The van der Waals surface area contributed by atoms with Gasteiger partial charge in [-0.3, -0.25) is 9.20 Å². The van der Waals surface area contributed by atoms with Crippen molar-refractivity contribution in [2.24, 2.45) is 5.92 Å². The number of hydrogen-bond acceptors (Lipinski definition) is 3. The smallest absolute Gasteiger partial charge is 0.189 e. The first kappa shape index (κ1) is 15.9. The Morgan fingerprint density at radius 1 is 1.24 bits per heavy atom. The molecule has 0 saturated heterocycles. The van der Waals surface area contributed by atoms with E-state index in [9.17, 15) is 9.18 Å². The number of aromatic nitrogens is 3. The first-order valence-electron chi connectivity index (χ1n) is 8.40. The number of alkyl halides is 1. The maximum Gasteiger partial charge on any atom is 0.189 e. The molecule has 3 aromatic heterocycles. The van der Waals surface area contributed by atoms with Crippen molar-refractivity contribution >= 4 is 17.2 Å². The van der Waals surface area contributed by atoms with Gasteiger partial charge in [-0.1, -0.05) is 0 Å². The van der Waals surface area contributed by atoms with Gasteiger partial charge in [-0.15, -0.1) is 0 Å². The van der Waals surface area contributed by atoms with Gasteiger partial charge in [0, 0.05) is 29.7 Å². The predicted molar refractivity (Wildman–Crippen MR) is 95.4 cm³/mol. The lowest BCUT2D eigenvalue weighted by atomic mass is 10.1. The zero-order valence-electron chi connectivity index (χ0n) is 14.5. The van der Waals surface area contributed by atoms with Crippen LogP contribution in [0.5, 0.6) is 0 Å². The van der Waals surface area contributed by atoms with Crippen LogP contribution in [0.1, 0.15) is 37.7 Å². The Labute approximate surface area is 145 Å². The molecular formula is C19H21FN4O. The lowest BCUT2D eigenvalue weighted by Crippen LogP contribution is -2.19. The number of imidazole rings is 1. The summed E-state index contributed by atoms with van der Waals surface area (Å²) in [4.78, 5) is 16.8. The fraction of sp³-hybridized carbons (Fsp3) is 0.368. The van der Waals surface area contributed by atoms with Crippen molar-refractivity contribution in [3.63, 3.8) is 0 Å². The van der Waals surface area contributed by atoms with Crippen LogP contribution < -0.4 is 5.73 Å². The normalized spacial score (nSPS) is 20.2. The minimum Gasteiger partial charge on any atom is -0.382 e. The van der Waals surface area contributed by atoms with E-state index in [2.05, 4.69) is 36.5 Å². The fourth-order valence-electron chi connectivity index (χ4n) is 3.07. The van der Waals surface area contributed by atoms with Crippen molar-refractivity contribution < 1.29 is 9.18 Å². The molecule has 25 heavy (non-hydrogen) atoms. The Balaban J connectivity index is 1.79. The number of pyridine rings is 1. The van der Waals surface area contributed by atoms with E-state index in [0.717, 1.165) is 11.1 Å². The summed E-state index contributed by atoms with van der Waals surface area (Å²) in [6.45, 7) is 6.41. The SMILES string of the molecule is CC(C)(C)n1ccc(-c2ccc3nc(N)c(C(=O)[C@@H]4C[C@@H]4F)n3c2)c1. The average Bonchev–Trinajstić information content (AvgIpc) is 2.97. The number of halogens is 1. The third-order valence-corrected chi connectivity index (χ3v) is 4.73. The van der Waals surface area contributed by atoms with Gasteiger partial charge in [-0.05, 0) is 51.0 Å². The second kappa shape index (κ2) is 5.18. The van der Waals surface area contributed by atoms with Crippen LogP contribution in [0, 0.1) is 5.92 Å². The van der Waals surface area contributed by atoms with E-state index < -0.39 is 12.1 Å². The molecule has 0 aromatic carbocycles. The van der Waals surface area contributed by atoms with Crippen molar-refractivity contribution in [3.05, 3.63) is 42.5 Å². The Kier molecular flexibility index (Phi) is 3.29. The molecule has 1 fully saturated rings. The largest absolute Gasteiger partial charge is 0.382 e. The summed E-state index contributed by atoms with van der Waals surface area (Å²) >= 11 is 0. The quantitative estimate of drug-likeness (QED) is 0.740. The molecule has 0 bridgehead atoms. The van der Waals surface area contributed by atoms with Crippen molar-refractivity contribution in [2.75, 3.05) is 5.73 Å². The summed E-state index contributed by atoms with van der Waals surface area (Å²) < 4.78 is 17.1. The van der Waals surface area contributed by atoms with Crippen molar-refractivity contribution in [2.45, 2.75) is 38.9 Å². The molecule has 4 rings (SSSR count). The summed E-state index contributed by atoms with van der Waals surface area (Å²) in [5.74, 6) is -0.678. The van der Waals surface area contributed by atoms with Crippen LogP contribution in [0.15, 0.2) is 36.8 Å². The maximum absolute atomic E-state index is 13.3. The van der Waals surface area contributed by atoms with Gasteiger partial charge in [-0.25, -0.2) is 9.37 Å². The molecule has 0 aliphatic heterocycles. The van der Waals surface area contributed by atoms with Gasteiger partial charge in [0.1, 0.15) is 17.5 Å². The van der Waals surface area contributed by atoms with Gasteiger partial charge in [0.15, 0.2) is 11.6 Å². The molecule has 0 amide bonds. The number of nitrogens with two attached hydrogens (primary N) is 1. The van der Waals surface area contributed by atoms with Gasteiger partial charge in [-0.2, -0.15) is 0 Å². The highest BCUT2D eigenvalue weighted by molar-refractivity contribution is 6.03. The van der Waals surface area contributed by atoms with E-state index in [1.807, 2.05) is 30.6 Å². The zero-order valence-corrected chi connectivity index (χ0v) is 14.5. The Bertz CT molecular complexity index is 979. The van der Waals surface area contributed by atoms with Crippen molar-refractivity contribution in [3.8, 4) is 11.1 Å². The van der Waals surface area contributed by atoms with Crippen LogP contribution >= 0.6 is 0 Å². The molecule has 1 aliphatic rings. The van der Waals surface area contributed by atoms with Gasteiger partial charge in [0.05, 0.1) is 5.92 Å². The van der Waals surface area contributed by atoms with Crippen molar-refractivity contribution in [1.29, 1.82) is 0 Å². The highest BCUT2D eigenvalue weighted by Gasteiger charge is 2.45. The number of nitrogen functional groups attached to an aromatic ring is 1. The Hall–Kier alpha value is -2.63. The number of rotatable bonds is 3. The van der Waals surface area contributed by atoms with Crippen LogP contribution in [0.25, 0.3) is 16.8 Å². The summed E-state index contributed by atoms with van der Waals surface area (Å²) in [5.41, 5.74) is 8.80. The molecule has 3 heterocycles. The number of carbonyl (C=O) groups is 1. The minimum absolute atomic E-state index is 0.00891. The number of fused-ring (bicyclic) bond motifs is 1. The van der Waals surface area contributed by atoms with E-state index in [4.69, 9.17) is 5.73 Å². The Morgan fingerprint density at radius 3 is 2.52 bits per heavy atom. The first-order chi connectivity index (χ1) is 11.8. The van der Waals surface area contributed by atoms with Crippen LogP contribution in [-0.4, -0.2) is 25.9 Å². The molecule has 3 aromatic rings. The summed E-state index contributed by atoms with van der Waals surface area (Å²) in [7, 11) is 0. The molecule has 2 atom stereocenters. The summed E-state index contributed by atoms with van der Waals surface area (Å²) in [6.07, 6.45) is 5.18. The first-order valence-corrected chi connectivity index (χ1v) is 8.40. The lowest BCUT2D eigenvalue weighted by Gasteiger charge is -2.20. The van der Waals surface area contributed by atoms with Crippen LogP contribution in [-0.2, 0) is 5.54 Å². The lowest BCUT2D eigenvalue weighted by molar-refractivity contribution is 0.0952. The van der Waals surface area contributed by atoms with E-state index in [0.29, 0.717) is 5.65 Å². The third-order valence-electron chi connectivity index (χ3n) is 4.73. The summed E-state index contributed by atoms with van der Waals surface area (Å²) in [5, 5.41) is 0. The topological polar surface area (TPSA) is 65.3 Å². The van der Waals surface area contributed by atoms with Crippen LogP contribution in [0.2, 0.25) is 0 Å². The van der Waals surface area contributed by atoms with Gasteiger partial charge in [0.25, 0.3) is 0 Å². The van der Waals surface area contributed by atoms with Gasteiger partial charge < -0.3 is 10.3 Å². The number of anilines is 1. The Morgan fingerprint density at radius 2 is 1.92 bits per heavy atom. The molecule has 0 unspecified atom stereocenters. The molecule has 6 heteroatoms. The number of ketones is 1. The molecule has 0 radical (unpaired) electrons. The number of carbonyl (C=O) groups excluding carboxylic acids is 1. The minimum atomic E-state index is -1.05. The number of Topliss-reactive ketones (excluding diaryl/α,β-unsaturated/α-hetero) is 1. The molecule has 1 aliphatic carbocycles. The molecule has 2 N–H and O–H groups in total. The van der Waals surface area contributed by atoms with E-state index >= 15 is 0 Å². The molecular weight excluding hydrogens is 319 g/mol. The van der Waals surface area contributed by atoms with E-state index in [-0.39, 0.29) is 29.3 Å². The van der Waals surface area contributed by atoms with E-state index in [1.165, 1.54) is 0 Å². The molecule has 130 valence electrons. The van der Waals surface area contributed by atoms with Gasteiger partial charge >= 0.3 is 0 Å². The molecule has 5 nitrogen and oxygen atoms in total. The zero-order chi connectivity index (χ0) is 17.9. The monoisotopic (exact) mass is 340 g/mol. The third kappa shape index (κ3) is 2.62. The van der Waals surface area contributed by atoms with E-state index in [1.54, 1.807) is 4.40 Å². The van der Waals surface area contributed by atoms with Gasteiger partial charge in [0.2, 0.25) is 0 Å². The maximum atomic E-state index is 13.3. The standard InChI is InChI=1S/C19H21FN4O/c1-19(2,3)23-7-6-12(9-23)11-4-5-15-22-18(21)16(24(15)10-11)17(25)13-8-14(13)20/h4-7,9-10,13-14H,8,21H2,1-3H3/t13-,14+/m1/s1.